The number of piperidine rings is 3. The number of hydrogen-bond acceptors (Lipinski definition) is 4. The zero-order valence-corrected chi connectivity index (χ0v) is 13.1. The van der Waals surface area contributed by atoms with Gasteiger partial charge in [0.2, 0.25) is 0 Å². The van der Waals surface area contributed by atoms with Gasteiger partial charge in [-0.2, -0.15) is 0 Å². The fourth-order valence-corrected chi connectivity index (χ4v) is 5.33. The molecular weight excluding hydrogens is 296 g/mol. The van der Waals surface area contributed by atoms with E-state index in [1.54, 1.807) is 11.3 Å². The van der Waals surface area contributed by atoms with E-state index in [1.807, 2.05) is 17.0 Å². The fraction of sp³-hybridized carbons (Fsp3) is 0.471. The number of thiophene rings is 1. The average molecular weight is 314 g/mol. The maximum atomic E-state index is 12.5. The minimum Gasteiger partial charge on any atom is -0.439 e. The van der Waals surface area contributed by atoms with Crippen molar-refractivity contribution in [2.45, 2.75) is 18.4 Å². The van der Waals surface area contributed by atoms with Gasteiger partial charge in [0, 0.05) is 17.2 Å². The summed E-state index contributed by atoms with van der Waals surface area (Å²) < 4.78 is 7.16. The van der Waals surface area contributed by atoms with E-state index in [9.17, 15) is 4.79 Å². The maximum absolute atomic E-state index is 12.5. The van der Waals surface area contributed by atoms with Crippen LogP contribution in [0.1, 0.15) is 12.8 Å². The largest absolute Gasteiger partial charge is 0.439 e. The van der Waals surface area contributed by atoms with Crippen molar-refractivity contribution in [1.82, 2.24) is 4.90 Å². The van der Waals surface area contributed by atoms with Gasteiger partial charge in [-0.25, -0.2) is 4.79 Å². The van der Waals surface area contributed by atoms with Gasteiger partial charge < -0.3 is 4.74 Å². The van der Waals surface area contributed by atoms with Gasteiger partial charge in [-0.3, -0.25) is 9.80 Å². The second-order valence-corrected chi connectivity index (χ2v) is 7.75. The number of fused-ring (bicyclic) bond motifs is 3. The molecule has 0 N–H and O–H groups in total. The molecule has 2 bridgehead atoms. The van der Waals surface area contributed by atoms with E-state index in [1.165, 1.54) is 10.1 Å². The molecule has 2 aromatic rings. The Morgan fingerprint density at radius 3 is 2.73 bits per heavy atom. The fourth-order valence-electron chi connectivity index (χ4n) is 4.28. The molecular formula is C17H18N2O2S. The summed E-state index contributed by atoms with van der Waals surface area (Å²) in [6.45, 7) is 3.93. The normalized spacial score (nSPS) is 33.8. The lowest BCUT2D eigenvalue weighted by atomic mass is 9.75. The number of anilines is 1. The van der Waals surface area contributed by atoms with Crippen LogP contribution in [-0.4, -0.2) is 42.8 Å². The Hall–Kier alpha value is -1.59. The third kappa shape index (κ3) is 1.75. The SMILES string of the molecule is O=C1O[C@]2(CN3CCC2CC3)CN1c1cc2ccccc2s1. The van der Waals surface area contributed by atoms with Crippen LogP contribution in [0.15, 0.2) is 30.3 Å². The molecule has 4 fully saturated rings. The first-order chi connectivity index (χ1) is 10.7. The molecule has 1 amide bonds. The Bertz CT molecular complexity index is 717. The van der Waals surface area contributed by atoms with Crippen molar-refractivity contribution >= 4 is 32.5 Å². The first-order valence-electron chi connectivity index (χ1n) is 7.95. The first-order valence-corrected chi connectivity index (χ1v) is 8.77. The highest BCUT2D eigenvalue weighted by molar-refractivity contribution is 7.23. The number of ether oxygens (including phenoxy) is 1. The number of carbonyl (C=O) groups excluding carboxylic acids is 1. The minimum atomic E-state index is -0.274. The lowest BCUT2D eigenvalue weighted by Crippen LogP contribution is -2.61. The predicted octanol–water partition coefficient (Wildman–Crippen LogP) is 3.32. The molecule has 0 aliphatic carbocycles. The highest BCUT2D eigenvalue weighted by Gasteiger charge is 2.55. The van der Waals surface area contributed by atoms with Gasteiger partial charge in [-0.05, 0) is 43.5 Å². The Balaban J connectivity index is 1.50. The Morgan fingerprint density at radius 2 is 2.00 bits per heavy atom. The van der Waals surface area contributed by atoms with Crippen molar-refractivity contribution in [3.63, 3.8) is 0 Å². The van der Waals surface area contributed by atoms with Gasteiger partial charge in [0.15, 0.2) is 0 Å². The van der Waals surface area contributed by atoms with E-state index < -0.39 is 0 Å². The average Bonchev–Trinajstić information content (AvgIpc) is 3.09. The van der Waals surface area contributed by atoms with Crippen LogP contribution in [0.5, 0.6) is 0 Å². The minimum absolute atomic E-state index is 0.166. The maximum Gasteiger partial charge on any atom is 0.415 e. The summed E-state index contributed by atoms with van der Waals surface area (Å²) in [7, 11) is 0. The van der Waals surface area contributed by atoms with Gasteiger partial charge in [0.1, 0.15) is 10.6 Å². The molecule has 0 saturated carbocycles. The Kier molecular flexibility index (Phi) is 2.62. The summed E-state index contributed by atoms with van der Waals surface area (Å²) in [6.07, 6.45) is 2.15. The zero-order valence-electron chi connectivity index (χ0n) is 12.3. The molecule has 1 aromatic carbocycles. The molecule has 4 saturated heterocycles. The second kappa shape index (κ2) is 4.46. The predicted molar refractivity (Wildman–Crippen MR) is 87.5 cm³/mol. The summed E-state index contributed by atoms with van der Waals surface area (Å²) in [5, 5.41) is 2.21. The highest BCUT2D eigenvalue weighted by atomic mass is 32.1. The van der Waals surface area contributed by atoms with Crippen molar-refractivity contribution in [2.24, 2.45) is 5.92 Å². The number of amides is 1. The molecule has 1 aromatic heterocycles. The summed E-state index contributed by atoms with van der Waals surface area (Å²) in [6, 6.07) is 10.4. The van der Waals surface area contributed by atoms with Gasteiger partial charge in [-0.15, -0.1) is 11.3 Å². The second-order valence-electron chi connectivity index (χ2n) is 6.69. The van der Waals surface area contributed by atoms with Crippen molar-refractivity contribution in [1.29, 1.82) is 0 Å². The quantitative estimate of drug-likeness (QED) is 0.809. The summed E-state index contributed by atoms with van der Waals surface area (Å²) in [4.78, 5) is 16.8. The Morgan fingerprint density at radius 1 is 1.18 bits per heavy atom. The highest BCUT2D eigenvalue weighted by Crippen LogP contribution is 2.45. The molecule has 4 aliphatic heterocycles. The lowest BCUT2D eigenvalue weighted by Gasteiger charge is -2.49. The number of benzene rings is 1. The number of hydrogen-bond donors (Lipinski definition) is 0. The molecule has 0 unspecified atom stereocenters. The van der Waals surface area contributed by atoms with Gasteiger partial charge in [0.05, 0.1) is 6.54 Å². The molecule has 114 valence electrons. The van der Waals surface area contributed by atoms with Crippen LogP contribution in [0.4, 0.5) is 9.80 Å². The van der Waals surface area contributed by atoms with Crippen LogP contribution < -0.4 is 4.90 Å². The van der Waals surface area contributed by atoms with Crippen LogP contribution in [0.2, 0.25) is 0 Å². The van der Waals surface area contributed by atoms with E-state index in [0.29, 0.717) is 12.5 Å². The molecule has 5 heteroatoms. The summed E-state index contributed by atoms with van der Waals surface area (Å²) >= 11 is 1.68. The van der Waals surface area contributed by atoms with E-state index >= 15 is 0 Å². The molecule has 1 spiro atoms. The molecule has 6 rings (SSSR count). The Labute approximate surface area is 133 Å². The monoisotopic (exact) mass is 314 g/mol. The van der Waals surface area contributed by atoms with Crippen LogP contribution in [0, 0.1) is 5.92 Å². The van der Waals surface area contributed by atoms with E-state index in [4.69, 9.17) is 4.74 Å². The van der Waals surface area contributed by atoms with Crippen molar-refractivity contribution in [3.05, 3.63) is 30.3 Å². The van der Waals surface area contributed by atoms with Crippen molar-refractivity contribution < 1.29 is 9.53 Å². The van der Waals surface area contributed by atoms with Gasteiger partial charge in [-0.1, -0.05) is 18.2 Å². The molecule has 5 heterocycles. The van der Waals surface area contributed by atoms with Crippen molar-refractivity contribution in [2.75, 3.05) is 31.1 Å². The first kappa shape index (κ1) is 12.9. The topological polar surface area (TPSA) is 32.8 Å². The molecule has 1 atom stereocenters. The summed E-state index contributed by atoms with van der Waals surface area (Å²) in [5.41, 5.74) is -0.274. The number of nitrogens with zero attached hydrogens (tertiary/aromatic N) is 2. The van der Waals surface area contributed by atoms with Crippen LogP contribution >= 0.6 is 11.3 Å². The van der Waals surface area contributed by atoms with Gasteiger partial charge in [0.25, 0.3) is 0 Å². The zero-order chi connectivity index (χ0) is 14.7. The lowest BCUT2D eigenvalue weighted by molar-refractivity contribution is -0.0881. The summed E-state index contributed by atoms with van der Waals surface area (Å²) in [5.74, 6) is 0.529. The smallest absolute Gasteiger partial charge is 0.415 e. The third-order valence-electron chi connectivity index (χ3n) is 5.44. The van der Waals surface area contributed by atoms with Crippen LogP contribution in [-0.2, 0) is 4.74 Å². The van der Waals surface area contributed by atoms with Crippen LogP contribution in [0.3, 0.4) is 0 Å². The van der Waals surface area contributed by atoms with Gasteiger partial charge >= 0.3 is 6.09 Å². The van der Waals surface area contributed by atoms with Crippen molar-refractivity contribution in [3.8, 4) is 0 Å². The molecule has 0 radical (unpaired) electrons. The standard InChI is InChI=1S/C17H18N2O2S/c20-16-19(15-9-12-3-1-2-4-14(12)22-15)11-17(21-16)10-18-7-5-13(17)6-8-18/h1-4,9,13H,5-8,10-11H2/t17-/m1/s1. The number of rotatable bonds is 1. The van der Waals surface area contributed by atoms with E-state index in [2.05, 4.69) is 23.1 Å². The molecule has 22 heavy (non-hydrogen) atoms. The van der Waals surface area contributed by atoms with E-state index in [-0.39, 0.29) is 11.7 Å². The number of carbonyl (C=O) groups is 1. The molecule has 4 nitrogen and oxygen atoms in total. The van der Waals surface area contributed by atoms with E-state index in [0.717, 1.165) is 37.5 Å². The molecule has 4 aliphatic rings. The third-order valence-corrected chi connectivity index (χ3v) is 6.58. The van der Waals surface area contributed by atoms with Crippen LogP contribution in [0.25, 0.3) is 10.1 Å².